The van der Waals surface area contributed by atoms with E-state index in [1.807, 2.05) is 0 Å². The van der Waals surface area contributed by atoms with Crippen LogP contribution in [0.3, 0.4) is 0 Å². The molecule has 5 aromatic rings. The maximum absolute atomic E-state index is 12.1. The molecular formula is C23H18N6O5. The number of hydrogen-bond donors (Lipinski definition) is 3. The monoisotopic (exact) mass is 458 g/mol. The summed E-state index contributed by atoms with van der Waals surface area (Å²) in [5.41, 5.74) is 1.92. The Balaban J connectivity index is 1.25. The first-order valence-corrected chi connectivity index (χ1v) is 10.1. The third kappa shape index (κ3) is 4.43. The van der Waals surface area contributed by atoms with Gasteiger partial charge in [0.2, 0.25) is 18.2 Å². The Kier molecular flexibility index (Phi) is 5.40. The Morgan fingerprint density at radius 3 is 2.62 bits per heavy atom. The number of hydrogen-bond acceptors (Lipinski definition) is 7. The summed E-state index contributed by atoms with van der Waals surface area (Å²) in [6.07, 6.45) is 2.10. The molecular weight excluding hydrogens is 440 g/mol. The first-order chi connectivity index (χ1) is 16.6. The second-order valence-electron chi connectivity index (χ2n) is 7.19. The molecule has 3 N–H and O–H groups in total. The van der Waals surface area contributed by atoms with Crippen molar-refractivity contribution in [1.82, 2.24) is 15.1 Å². The Hall–Kier alpha value is -5.06. The molecule has 11 heteroatoms. The number of rotatable bonds is 7. The minimum atomic E-state index is -0.443. The predicted octanol–water partition coefficient (Wildman–Crippen LogP) is 5.18. The van der Waals surface area contributed by atoms with Crippen molar-refractivity contribution in [3.05, 3.63) is 72.7 Å². The fourth-order valence-electron chi connectivity index (χ4n) is 3.21. The summed E-state index contributed by atoms with van der Waals surface area (Å²) in [5.74, 6) is 2.74. The van der Waals surface area contributed by atoms with Crippen LogP contribution in [-0.2, 0) is 4.79 Å². The first-order valence-electron chi connectivity index (χ1n) is 10.1. The molecule has 0 aliphatic rings. The molecule has 34 heavy (non-hydrogen) atoms. The summed E-state index contributed by atoms with van der Waals surface area (Å²) >= 11 is 0. The molecule has 0 saturated carbocycles. The van der Waals surface area contributed by atoms with E-state index in [-0.39, 0.29) is 0 Å². The van der Waals surface area contributed by atoms with Gasteiger partial charge in [-0.1, -0.05) is 5.16 Å². The Bertz CT molecular complexity index is 1440. The molecule has 2 aromatic carbocycles. The fraction of sp³-hybridized carbons (Fsp3) is 0.0435. The van der Waals surface area contributed by atoms with Gasteiger partial charge in [-0.2, -0.15) is 0 Å². The standard InChI is InChI=1S/C23H18N6O5/c1-14-11-20(28-34-14)27-23(31)24-15-4-6-16(7-5-15)33-17-8-9-18-19(12-17)26-22(25-18)29(13-30)21-3-2-10-32-21/h2-13H,1H3,(H,25,26)(H2,24,27,28,31). The van der Waals surface area contributed by atoms with Crippen LogP contribution in [0.15, 0.2) is 75.9 Å². The average molecular weight is 458 g/mol. The van der Waals surface area contributed by atoms with Gasteiger partial charge in [0.05, 0.1) is 17.3 Å². The van der Waals surface area contributed by atoms with Crippen molar-refractivity contribution in [2.75, 3.05) is 15.5 Å². The zero-order valence-electron chi connectivity index (χ0n) is 17.8. The predicted molar refractivity (Wildman–Crippen MR) is 123 cm³/mol. The molecule has 0 bridgehead atoms. The van der Waals surface area contributed by atoms with Crippen molar-refractivity contribution in [1.29, 1.82) is 0 Å². The summed E-state index contributed by atoms with van der Waals surface area (Å²) in [4.78, 5) is 32.4. The molecule has 3 aromatic heterocycles. The van der Waals surface area contributed by atoms with Crippen molar-refractivity contribution >= 4 is 46.8 Å². The average Bonchev–Trinajstić information content (AvgIpc) is 3.57. The van der Waals surface area contributed by atoms with Crippen molar-refractivity contribution in [2.45, 2.75) is 6.92 Å². The number of aromatic amines is 1. The summed E-state index contributed by atoms with van der Waals surface area (Å²) < 4.78 is 16.1. The Labute approximate surface area is 192 Å². The molecule has 11 nitrogen and oxygen atoms in total. The smallest absolute Gasteiger partial charge is 0.324 e. The van der Waals surface area contributed by atoms with Gasteiger partial charge in [0.15, 0.2) is 5.82 Å². The van der Waals surface area contributed by atoms with Crippen LogP contribution in [-0.4, -0.2) is 27.6 Å². The quantitative estimate of drug-likeness (QED) is 0.286. The highest BCUT2D eigenvalue weighted by atomic mass is 16.5. The summed E-state index contributed by atoms with van der Waals surface area (Å²) in [7, 11) is 0. The largest absolute Gasteiger partial charge is 0.457 e. The number of aryl methyl sites for hydroxylation is 1. The lowest BCUT2D eigenvalue weighted by Gasteiger charge is -2.09. The first kappa shape index (κ1) is 20.8. The number of amides is 3. The molecule has 0 fully saturated rings. The number of anilines is 4. The van der Waals surface area contributed by atoms with Gasteiger partial charge < -0.3 is 24.0 Å². The third-order valence-electron chi connectivity index (χ3n) is 4.74. The molecule has 0 atom stereocenters. The molecule has 0 spiro atoms. The zero-order chi connectivity index (χ0) is 23.5. The lowest BCUT2D eigenvalue weighted by Crippen LogP contribution is -2.19. The molecule has 0 unspecified atom stereocenters. The van der Waals surface area contributed by atoms with Crippen molar-refractivity contribution in [3.8, 4) is 11.5 Å². The van der Waals surface area contributed by atoms with Crippen LogP contribution in [0, 0.1) is 6.92 Å². The number of H-pyrrole nitrogens is 1. The second-order valence-corrected chi connectivity index (χ2v) is 7.19. The number of carbonyl (C=O) groups is 2. The number of imidazole rings is 1. The Morgan fingerprint density at radius 2 is 1.91 bits per heavy atom. The third-order valence-corrected chi connectivity index (χ3v) is 4.74. The van der Waals surface area contributed by atoms with Crippen LogP contribution >= 0.6 is 0 Å². The minimum absolute atomic E-state index is 0.326. The van der Waals surface area contributed by atoms with Gasteiger partial charge in [0.1, 0.15) is 17.3 Å². The number of urea groups is 1. The van der Waals surface area contributed by atoms with E-state index in [0.29, 0.717) is 58.0 Å². The number of ether oxygens (including phenoxy) is 1. The van der Waals surface area contributed by atoms with Gasteiger partial charge in [-0.15, -0.1) is 0 Å². The number of nitrogens with one attached hydrogen (secondary N) is 3. The molecule has 0 aliphatic heterocycles. The summed E-state index contributed by atoms with van der Waals surface area (Å²) in [6, 6.07) is 16.7. The van der Waals surface area contributed by atoms with Gasteiger partial charge in [-0.25, -0.2) is 14.7 Å². The number of fused-ring (bicyclic) bond motifs is 1. The normalized spacial score (nSPS) is 10.7. The molecule has 0 aliphatic carbocycles. The van der Waals surface area contributed by atoms with E-state index in [1.54, 1.807) is 67.6 Å². The minimum Gasteiger partial charge on any atom is -0.457 e. The van der Waals surface area contributed by atoms with E-state index in [0.717, 1.165) is 0 Å². The van der Waals surface area contributed by atoms with Gasteiger partial charge >= 0.3 is 6.03 Å². The maximum Gasteiger partial charge on any atom is 0.324 e. The molecule has 3 heterocycles. The SMILES string of the molecule is Cc1cc(NC(=O)Nc2ccc(Oc3ccc4nc(N(C=O)c5ccco5)[nH]c4c3)cc2)no1. The van der Waals surface area contributed by atoms with Crippen molar-refractivity contribution in [2.24, 2.45) is 0 Å². The van der Waals surface area contributed by atoms with Crippen molar-refractivity contribution < 1.29 is 23.3 Å². The number of nitrogens with zero attached hydrogens (tertiary/aromatic N) is 3. The lowest BCUT2D eigenvalue weighted by molar-refractivity contribution is -0.107. The number of furan rings is 1. The highest BCUT2D eigenvalue weighted by Gasteiger charge is 2.15. The van der Waals surface area contributed by atoms with E-state index in [9.17, 15) is 9.59 Å². The Morgan fingerprint density at radius 1 is 1.09 bits per heavy atom. The van der Waals surface area contributed by atoms with Gasteiger partial charge in [0, 0.05) is 23.9 Å². The highest BCUT2D eigenvalue weighted by Crippen LogP contribution is 2.29. The molecule has 0 saturated heterocycles. The van der Waals surface area contributed by atoms with Crippen LogP contribution in [0.1, 0.15) is 5.76 Å². The van der Waals surface area contributed by atoms with Crippen molar-refractivity contribution in [3.63, 3.8) is 0 Å². The molecule has 5 rings (SSSR count). The van der Waals surface area contributed by atoms with Gasteiger partial charge in [-0.3, -0.25) is 10.1 Å². The van der Waals surface area contributed by atoms with Crippen LogP contribution in [0.25, 0.3) is 11.0 Å². The topological polar surface area (TPSA) is 139 Å². The maximum atomic E-state index is 12.1. The number of aromatic nitrogens is 3. The highest BCUT2D eigenvalue weighted by molar-refractivity contribution is 5.99. The van der Waals surface area contributed by atoms with E-state index in [4.69, 9.17) is 13.7 Å². The van der Waals surface area contributed by atoms with E-state index in [2.05, 4.69) is 25.8 Å². The summed E-state index contributed by atoms with van der Waals surface area (Å²) in [5, 5.41) is 8.99. The van der Waals surface area contributed by atoms with E-state index >= 15 is 0 Å². The van der Waals surface area contributed by atoms with Crippen LogP contribution < -0.4 is 20.3 Å². The molecule has 3 amide bonds. The molecule has 170 valence electrons. The second kappa shape index (κ2) is 8.82. The van der Waals surface area contributed by atoms with Gasteiger partial charge in [0.25, 0.3) is 0 Å². The van der Waals surface area contributed by atoms with Gasteiger partial charge in [-0.05, 0) is 49.4 Å². The van der Waals surface area contributed by atoms with E-state index < -0.39 is 6.03 Å². The zero-order valence-corrected chi connectivity index (χ0v) is 17.8. The summed E-state index contributed by atoms with van der Waals surface area (Å²) in [6.45, 7) is 1.73. The van der Waals surface area contributed by atoms with Crippen LogP contribution in [0.5, 0.6) is 11.5 Å². The fourth-order valence-corrected chi connectivity index (χ4v) is 3.21. The van der Waals surface area contributed by atoms with Crippen LogP contribution in [0.2, 0.25) is 0 Å². The van der Waals surface area contributed by atoms with Crippen LogP contribution in [0.4, 0.5) is 28.1 Å². The number of benzene rings is 2. The van der Waals surface area contributed by atoms with E-state index in [1.165, 1.54) is 11.2 Å². The molecule has 0 radical (unpaired) electrons. The lowest BCUT2D eigenvalue weighted by atomic mass is 10.3. The number of carbonyl (C=O) groups excluding carboxylic acids is 2.